The Morgan fingerprint density at radius 1 is 0.714 bits per heavy atom. The van der Waals surface area contributed by atoms with E-state index in [1.165, 1.54) is 0 Å². The lowest BCUT2D eigenvalue weighted by atomic mass is 9.89. The molecule has 0 bridgehead atoms. The number of hydrogen-bond donors (Lipinski definition) is 0. The van der Waals surface area contributed by atoms with Crippen LogP contribution in [0.2, 0.25) is 0 Å². The summed E-state index contributed by atoms with van der Waals surface area (Å²) in [5, 5.41) is 20.2. The van der Waals surface area contributed by atoms with Crippen LogP contribution in [0.4, 0.5) is 0 Å². The molecule has 1 fully saturated rings. The van der Waals surface area contributed by atoms with Crippen LogP contribution in [0, 0.1) is 34.5 Å². The van der Waals surface area contributed by atoms with E-state index in [4.69, 9.17) is 28.4 Å². The van der Waals surface area contributed by atoms with Gasteiger partial charge < -0.3 is 28.4 Å². The fourth-order valence-electron chi connectivity index (χ4n) is 5.68. The van der Waals surface area contributed by atoms with Crippen LogP contribution in [-0.2, 0) is 19.1 Å². The zero-order chi connectivity index (χ0) is 29.6. The maximum absolute atomic E-state index is 12.9. The summed E-state index contributed by atoms with van der Waals surface area (Å²) < 4.78 is 32.6. The molecule has 3 heterocycles. The monoisotopic (exact) mass is 576 g/mol. The molecule has 0 saturated carbocycles. The van der Waals surface area contributed by atoms with Crippen LogP contribution in [-0.4, -0.2) is 74.7 Å². The Morgan fingerprint density at radius 3 is 1.45 bits per heavy atom. The average molecular weight is 577 g/mol. The van der Waals surface area contributed by atoms with E-state index >= 15 is 0 Å². The number of hydrogen-bond acceptors (Lipinski definition) is 12. The zero-order valence-corrected chi connectivity index (χ0v) is 23.5. The van der Waals surface area contributed by atoms with Gasteiger partial charge in [0, 0.05) is 26.2 Å². The van der Waals surface area contributed by atoms with Crippen LogP contribution in [0.1, 0.15) is 37.1 Å². The molecule has 0 amide bonds. The summed E-state index contributed by atoms with van der Waals surface area (Å²) in [7, 11) is 0. The molecule has 12 heteroatoms. The molecule has 0 aliphatic carbocycles. The minimum atomic E-state index is -1.09. The van der Waals surface area contributed by atoms with E-state index in [-0.39, 0.29) is 26.8 Å². The molecule has 42 heavy (non-hydrogen) atoms. The molecule has 12 nitrogen and oxygen atoms in total. The van der Waals surface area contributed by atoms with Gasteiger partial charge in [0.1, 0.15) is 0 Å². The Balaban J connectivity index is 1.43. The molecule has 4 unspecified atom stereocenters. The predicted octanol–water partition coefficient (Wildman–Crippen LogP) is 2.95. The zero-order valence-electron chi connectivity index (χ0n) is 23.5. The van der Waals surface area contributed by atoms with Gasteiger partial charge in [-0.2, -0.15) is 10.5 Å². The fraction of sp³-hybridized carbons (Fsp3) is 0.467. The van der Waals surface area contributed by atoms with Crippen LogP contribution in [0.25, 0.3) is 0 Å². The highest BCUT2D eigenvalue weighted by atomic mass is 16.7. The molecular formula is C30H32N4O8. The highest BCUT2D eigenvalue weighted by Crippen LogP contribution is 2.41. The van der Waals surface area contributed by atoms with Crippen molar-refractivity contribution in [1.82, 2.24) is 9.80 Å². The third kappa shape index (κ3) is 5.77. The van der Waals surface area contributed by atoms with Crippen LogP contribution in [0.3, 0.4) is 0 Å². The van der Waals surface area contributed by atoms with Crippen LogP contribution in [0.15, 0.2) is 36.4 Å². The number of benzene rings is 2. The van der Waals surface area contributed by atoms with E-state index in [1.807, 2.05) is 12.1 Å². The number of nitrogens with zero attached hydrogens (tertiary/aromatic N) is 4. The summed E-state index contributed by atoms with van der Waals surface area (Å²) in [6.45, 7) is 5.68. The Labute approximate surface area is 243 Å². The quantitative estimate of drug-likeness (QED) is 0.384. The number of rotatable bonds is 10. The molecule has 0 aromatic heterocycles. The van der Waals surface area contributed by atoms with E-state index in [1.54, 1.807) is 38.1 Å². The normalized spacial score (nSPS) is 18.7. The molecule has 0 radical (unpaired) electrons. The average Bonchev–Trinajstić information content (AvgIpc) is 3.67. The van der Waals surface area contributed by atoms with Crippen molar-refractivity contribution in [3.8, 4) is 35.1 Å². The number of esters is 2. The number of nitriles is 2. The van der Waals surface area contributed by atoms with Gasteiger partial charge in [-0.3, -0.25) is 19.4 Å². The molecule has 3 aliphatic heterocycles. The Kier molecular flexibility index (Phi) is 8.96. The molecular weight excluding hydrogens is 544 g/mol. The molecule has 2 aromatic rings. The third-order valence-corrected chi connectivity index (χ3v) is 7.60. The first-order valence-electron chi connectivity index (χ1n) is 13.9. The summed E-state index contributed by atoms with van der Waals surface area (Å²) in [6, 6.07) is 13.9. The summed E-state index contributed by atoms with van der Waals surface area (Å²) in [4.78, 5) is 30.0. The lowest BCUT2D eigenvalue weighted by Crippen LogP contribution is -2.52. The maximum atomic E-state index is 12.9. The molecule has 1 saturated heterocycles. The molecule has 0 spiro atoms. The van der Waals surface area contributed by atoms with E-state index < -0.39 is 35.9 Å². The number of ether oxygens (including phenoxy) is 6. The molecule has 5 rings (SSSR count). The van der Waals surface area contributed by atoms with Gasteiger partial charge in [-0.25, -0.2) is 0 Å². The molecule has 220 valence electrons. The second kappa shape index (κ2) is 13.0. The van der Waals surface area contributed by atoms with Crippen molar-refractivity contribution < 1.29 is 38.0 Å². The minimum absolute atomic E-state index is 0.101. The number of piperazine rings is 1. The van der Waals surface area contributed by atoms with Gasteiger partial charge in [-0.05, 0) is 49.2 Å². The van der Waals surface area contributed by atoms with Gasteiger partial charge in [0.15, 0.2) is 34.8 Å². The van der Waals surface area contributed by atoms with Crippen molar-refractivity contribution in [2.75, 3.05) is 53.0 Å². The summed E-state index contributed by atoms with van der Waals surface area (Å²) in [5.74, 6) is -1.09. The number of carbonyl (C=O) groups is 2. The van der Waals surface area contributed by atoms with Crippen molar-refractivity contribution in [3.63, 3.8) is 0 Å². The van der Waals surface area contributed by atoms with Crippen LogP contribution < -0.4 is 18.9 Å². The van der Waals surface area contributed by atoms with Gasteiger partial charge >= 0.3 is 11.9 Å². The minimum Gasteiger partial charge on any atom is -0.465 e. The topological polar surface area (TPSA) is 144 Å². The van der Waals surface area contributed by atoms with E-state index in [0.29, 0.717) is 49.2 Å². The maximum Gasteiger partial charge on any atom is 0.325 e. The Hall–Kier alpha value is -4.52. The Bertz CT molecular complexity index is 1290. The molecule has 0 N–H and O–H groups in total. The SMILES string of the molecule is CCOC(=O)C(C#N)C(c1ccc2c(c1)OCO2)N1CCN(C(c2ccc3c(c2)OCO3)C(C#N)C(=O)OCC)CC1. The van der Waals surface area contributed by atoms with E-state index in [2.05, 4.69) is 21.9 Å². The first-order valence-corrected chi connectivity index (χ1v) is 13.9. The van der Waals surface area contributed by atoms with Gasteiger partial charge in [0.25, 0.3) is 0 Å². The predicted molar refractivity (Wildman–Crippen MR) is 145 cm³/mol. The second-order valence-electron chi connectivity index (χ2n) is 9.90. The second-order valence-corrected chi connectivity index (χ2v) is 9.90. The largest absolute Gasteiger partial charge is 0.465 e. The van der Waals surface area contributed by atoms with Crippen molar-refractivity contribution in [1.29, 1.82) is 10.5 Å². The fourth-order valence-corrected chi connectivity index (χ4v) is 5.68. The molecule has 3 aliphatic rings. The van der Waals surface area contributed by atoms with Crippen LogP contribution in [0.5, 0.6) is 23.0 Å². The highest BCUT2D eigenvalue weighted by molar-refractivity contribution is 5.77. The van der Waals surface area contributed by atoms with Gasteiger partial charge in [0.05, 0.1) is 37.4 Å². The summed E-state index contributed by atoms with van der Waals surface area (Å²) in [6.07, 6.45) is 0. The van der Waals surface area contributed by atoms with Crippen molar-refractivity contribution >= 4 is 11.9 Å². The van der Waals surface area contributed by atoms with Crippen molar-refractivity contribution in [2.24, 2.45) is 11.8 Å². The summed E-state index contributed by atoms with van der Waals surface area (Å²) >= 11 is 0. The summed E-state index contributed by atoms with van der Waals surface area (Å²) in [5.41, 5.74) is 1.45. The smallest absolute Gasteiger partial charge is 0.325 e. The molecule has 2 aromatic carbocycles. The highest BCUT2D eigenvalue weighted by Gasteiger charge is 2.41. The lowest BCUT2D eigenvalue weighted by molar-refractivity contribution is -0.150. The first kappa shape index (κ1) is 29.0. The van der Waals surface area contributed by atoms with Gasteiger partial charge in [0.2, 0.25) is 13.6 Å². The third-order valence-electron chi connectivity index (χ3n) is 7.60. The Morgan fingerprint density at radius 2 is 1.10 bits per heavy atom. The number of fused-ring (bicyclic) bond motifs is 2. The van der Waals surface area contributed by atoms with E-state index in [0.717, 1.165) is 11.1 Å². The van der Waals surface area contributed by atoms with Crippen molar-refractivity contribution in [2.45, 2.75) is 25.9 Å². The standard InChI is InChI=1S/C30H32N4O8/c1-3-37-29(35)21(15-31)27(19-5-7-23-25(13-19)41-17-39-23)33-9-11-34(12-10-33)28(22(16-32)30(36)38-4-2)20-6-8-24-26(14-20)42-18-40-24/h5-8,13-14,21-22,27-28H,3-4,9-12,17-18H2,1-2H3. The molecule has 4 atom stereocenters. The van der Waals surface area contributed by atoms with Crippen LogP contribution >= 0.6 is 0 Å². The van der Waals surface area contributed by atoms with E-state index in [9.17, 15) is 20.1 Å². The number of carbonyl (C=O) groups excluding carboxylic acids is 2. The van der Waals surface area contributed by atoms with Crippen molar-refractivity contribution in [3.05, 3.63) is 47.5 Å². The van der Waals surface area contributed by atoms with Gasteiger partial charge in [-0.1, -0.05) is 12.1 Å². The first-order chi connectivity index (χ1) is 20.5. The van der Waals surface area contributed by atoms with Gasteiger partial charge in [-0.15, -0.1) is 0 Å². The lowest BCUT2D eigenvalue weighted by Gasteiger charge is -2.43.